The van der Waals surface area contributed by atoms with Crippen LogP contribution in [-0.4, -0.2) is 49.2 Å². The fourth-order valence-electron chi connectivity index (χ4n) is 2.91. The minimum Gasteiger partial charge on any atom is -0.381 e. The molecule has 2 aliphatic heterocycles. The third kappa shape index (κ3) is 3.45. The largest absolute Gasteiger partial charge is 0.381 e. The molecule has 0 aromatic carbocycles. The zero-order valence-corrected chi connectivity index (χ0v) is 11.7. The number of ether oxygens (including phenoxy) is 1. The summed E-state index contributed by atoms with van der Waals surface area (Å²) in [6, 6.07) is 0.358. The molecular weight excluding hydrogens is 228 g/mol. The highest BCUT2D eigenvalue weighted by atomic mass is 16.5. The number of hydrogen-bond donors (Lipinski definition) is 1. The summed E-state index contributed by atoms with van der Waals surface area (Å²) >= 11 is 0. The van der Waals surface area contributed by atoms with Gasteiger partial charge in [0.05, 0.1) is 12.6 Å². The number of carbonyl (C=O) groups excluding carboxylic acids is 1. The molecular formula is C14H26N2O2. The fraction of sp³-hybridized carbons (Fsp3) is 0.929. The first kappa shape index (κ1) is 13.8. The SMILES string of the molecule is CC(NC1CCOCC1C)C(=O)N1CCCCC1. The molecule has 0 aromatic rings. The summed E-state index contributed by atoms with van der Waals surface area (Å²) in [5.41, 5.74) is 0. The van der Waals surface area contributed by atoms with Gasteiger partial charge in [-0.3, -0.25) is 4.79 Å². The van der Waals surface area contributed by atoms with E-state index in [0.717, 1.165) is 45.6 Å². The van der Waals surface area contributed by atoms with E-state index in [1.807, 2.05) is 11.8 Å². The van der Waals surface area contributed by atoms with Gasteiger partial charge in [-0.1, -0.05) is 6.92 Å². The number of nitrogens with zero attached hydrogens (tertiary/aromatic N) is 1. The van der Waals surface area contributed by atoms with Crippen molar-refractivity contribution in [1.29, 1.82) is 0 Å². The lowest BCUT2D eigenvalue weighted by atomic mass is 9.97. The second kappa shape index (κ2) is 6.53. The monoisotopic (exact) mass is 254 g/mol. The molecule has 0 radical (unpaired) electrons. The summed E-state index contributed by atoms with van der Waals surface area (Å²) in [4.78, 5) is 14.3. The van der Waals surface area contributed by atoms with E-state index in [2.05, 4.69) is 12.2 Å². The quantitative estimate of drug-likeness (QED) is 0.828. The Labute approximate surface area is 110 Å². The summed E-state index contributed by atoms with van der Waals surface area (Å²) < 4.78 is 5.44. The van der Waals surface area contributed by atoms with Crippen molar-refractivity contribution in [2.75, 3.05) is 26.3 Å². The van der Waals surface area contributed by atoms with E-state index in [-0.39, 0.29) is 11.9 Å². The van der Waals surface area contributed by atoms with Crippen LogP contribution in [0.25, 0.3) is 0 Å². The summed E-state index contributed by atoms with van der Waals surface area (Å²) in [5, 5.41) is 3.49. The van der Waals surface area contributed by atoms with Gasteiger partial charge in [0.15, 0.2) is 0 Å². The van der Waals surface area contributed by atoms with E-state index in [9.17, 15) is 4.79 Å². The Kier molecular flexibility index (Phi) is 5.01. The van der Waals surface area contributed by atoms with Gasteiger partial charge < -0.3 is 15.0 Å². The molecule has 0 aromatic heterocycles. The summed E-state index contributed by atoms with van der Waals surface area (Å²) in [6.07, 6.45) is 4.60. The molecule has 4 nitrogen and oxygen atoms in total. The topological polar surface area (TPSA) is 41.6 Å². The Morgan fingerprint density at radius 2 is 2.06 bits per heavy atom. The Morgan fingerprint density at radius 1 is 1.33 bits per heavy atom. The Bertz CT molecular complexity index is 277. The lowest BCUT2D eigenvalue weighted by Gasteiger charge is -2.34. The van der Waals surface area contributed by atoms with Gasteiger partial charge in [-0.05, 0) is 38.5 Å². The zero-order valence-electron chi connectivity index (χ0n) is 11.7. The summed E-state index contributed by atoms with van der Waals surface area (Å²) in [7, 11) is 0. The maximum Gasteiger partial charge on any atom is 0.239 e. The first-order valence-corrected chi connectivity index (χ1v) is 7.31. The van der Waals surface area contributed by atoms with Crippen molar-refractivity contribution in [3.05, 3.63) is 0 Å². The standard InChI is InChI=1S/C14H26N2O2/c1-11-10-18-9-6-13(11)15-12(2)14(17)16-7-4-3-5-8-16/h11-13,15H,3-10H2,1-2H3. The van der Waals surface area contributed by atoms with Crippen LogP contribution in [0.5, 0.6) is 0 Å². The molecule has 2 fully saturated rings. The number of carbonyl (C=O) groups is 1. The molecule has 1 amide bonds. The van der Waals surface area contributed by atoms with Gasteiger partial charge >= 0.3 is 0 Å². The predicted octanol–water partition coefficient (Wildman–Crippen LogP) is 1.40. The van der Waals surface area contributed by atoms with Gasteiger partial charge in [0.2, 0.25) is 5.91 Å². The molecule has 0 spiro atoms. The molecule has 2 aliphatic rings. The fourth-order valence-corrected chi connectivity index (χ4v) is 2.91. The van der Waals surface area contributed by atoms with Crippen LogP contribution >= 0.6 is 0 Å². The number of hydrogen-bond acceptors (Lipinski definition) is 3. The maximum atomic E-state index is 12.3. The van der Waals surface area contributed by atoms with Gasteiger partial charge in [-0.2, -0.15) is 0 Å². The molecule has 4 heteroatoms. The van der Waals surface area contributed by atoms with Crippen LogP contribution in [0.3, 0.4) is 0 Å². The first-order chi connectivity index (χ1) is 8.68. The number of likely N-dealkylation sites (tertiary alicyclic amines) is 1. The molecule has 0 saturated carbocycles. The predicted molar refractivity (Wildman–Crippen MR) is 71.4 cm³/mol. The van der Waals surface area contributed by atoms with Crippen LogP contribution in [0.1, 0.15) is 39.5 Å². The Hall–Kier alpha value is -0.610. The van der Waals surface area contributed by atoms with E-state index in [1.165, 1.54) is 6.42 Å². The average Bonchev–Trinajstić information content (AvgIpc) is 2.41. The third-order valence-electron chi connectivity index (χ3n) is 4.14. The maximum absolute atomic E-state index is 12.3. The molecule has 0 aliphatic carbocycles. The highest BCUT2D eigenvalue weighted by Crippen LogP contribution is 2.16. The van der Waals surface area contributed by atoms with Crippen LogP contribution in [-0.2, 0) is 9.53 Å². The minimum absolute atomic E-state index is 0.0614. The molecule has 2 saturated heterocycles. The molecule has 1 N–H and O–H groups in total. The van der Waals surface area contributed by atoms with Crippen molar-refractivity contribution in [2.24, 2.45) is 5.92 Å². The van der Waals surface area contributed by atoms with Crippen LogP contribution in [0, 0.1) is 5.92 Å². The normalized spacial score (nSPS) is 31.1. The van der Waals surface area contributed by atoms with Crippen LogP contribution in [0.2, 0.25) is 0 Å². The Balaban J connectivity index is 1.82. The van der Waals surface area contributed by atoms with Crippen molar-refractivity contribution in [3.63, 3.8) is 0 Å². The van der Waals surface area contributed by atoms with E-state index < -0.39 is 0 Å². The van der Waals surface area contributed by atoms with Crippen molar-refractivity contribution < 1.29 is 9.53 Å². The molecule has 0 bridgehead atoms. The second-order valence-corrected chi connectivity index (χ2v) is 5.72. The lowest BCUT2D eigenvalue weighted by molar-refractivity contribution is -0.134. The van der Waals surface area contributed by atoms with E-state index in [1.54, 1.807) is 0 Å². The molecule has 2 rings (SSSR count). The van der Waals surface area contributed by atoms with Crippen LogP contribution in [0.4, 0.5) is 0 Å². The van der Waals surface area contributed by atoms with E-state index >= 15 is 0 Å². The molecule has 2 heterocycles. The number of amides is 1. The van der Waals surface area contributed by atoms with Gasteiger partial charge in [0, 0.05) is 25.7 Å². The van der Waals surface area contributed by atoms with Gasteiger partial charge in [0.1, 0.15) is 0 Å². The highest BCUT2D eigenvalue weighted by Gasteiger charge is 2.27. The second-order valence-electron chi connectivity index (χ2n) is 5.72. The third-order valence-corrected chi connectivity index (χ3v) is 4.14. The zero-order chi connectivity index (χ0) is 13.0. The van der Waals surface area contributed by atoms with Crippen LogP contribution in [0.15, 0.2) is 0 Å². The summed E-state index contributed by atoms with van der Waals surface area (Å²) in [5.74, 6) is 0.767. The van der Waals surface area contributed by atoms with Gasteiger partial charge in [-0.15, -0.1) is 0 Å². The van der Waals surface area contributed by atoms with Crippen molar-refractivity contribution in [3.8, 4) is 0 Å². The molecule has 3 unspecified atom stereocenters. The smallest absolute Gasteiger partial charge is 0.239 e. The highest BCUT2D eigenvalue weighted by molar-refractivity contribution is 5.81. The minimum atomic E-state index is -0.0614. The summed E-state index contributed by atoms with van der Waals surface area (Å²) in [6.45, 7) is 7.69. The number of piperidine rings is 1. The number of rotatable bonds is 3. The van der Waals surface area contributed by atoms with Gasteiger partial charge in [-0.25, -0.2) is 0 Å². The number of nitrogens with one attached hydrogen (secondary N) is 1. The van der Waals surface area contributed by atoms with Crippen molar-refractivity contribution in [1.82, 2.24) is 10.2 Å². The van der Waals surface area contributed by atoms with E-state index in [4.69, 9.17) is 4.74 Å². The first-order valence-electron chi connectivity index (χ1n) is 7.31. The van der Waals surface area contributed by atoms with E-state index in [0.29, 0.717) is 12.0 Å². The Morgan fingerprint density at radius 3 is 2.72 bits per heavy atom. The molecule has 104 valence electrons. The lowest BCUT2D eigenvalue weighted by Crippen LogP contribution is -2.52. The van der Waals surface area contributed by atoms with Gasteiger partial charge in [0.25, 0.3) is 0 Å². The van der Waals surface area contributed by atoms with Crippen LogP contribution < -0.4 is 5.32 Å². The molecule has 18 heavy (non-hydrogen) atoms. The average molecular weight is 254 g/mol. The molecule has 3 atom stereocenters. The van der Waals surface area contributed by atoms with Crippen molar-refractivity contribution in [2.45, 2.75) is 51.6 Å². The van der Waals surface area contributed by atoms with Crippen molar-refractivity contribution >= 4 is 5.91 Å².